The van der Waals surface area contributed by atoms with Gasteiger partial charge in [0, 0.05) is 23.5 Å². The molecule has 5 nitrogen and oxygen atoms in total. The molecule has 0 amide bonds. The van der Waals surface area contributed by atoms with Crippen LogP contribution in [-0.4, -0.2) is 28.8 Å². The van der Waals surface area contributed by atoms with Crippen molar-refractivity contribution in [1.82, 2.24) is 19.9 Å². The predicted octanol–water partition coefficient (Wildman–Crippen LogP) is 2.36. The van der Waals surface area contributed by atoms with E-state index in [1.807, 2.05) is 42.3 Å². The average Bonchev–Trinajstić information content (AvgIpc) is 2.93. The molecule has 0 aliphatic carbocycles. The van der Waals surface area contributed by atoms with Crippen molar-refractivity contribution in [1.29, 1.82) is 0 Å². The molecule has 2 aromatic heterocycles. The van der Waals surface area contributed by atoms with Gasteiger partial charge in [-0.1, -0.05) is 17.7 Å². The van der Waals surface area contributed by atoms with Crippen LogP contribution in [0.5, 0.6) is 5.75 Å². The van der Waals surface area contributed by atoms with Gasteiger partial charge in [0.25, 0.3) is 0 Å². The fraction of sp³-hybridized carbons (Fsp3) is 0.250. The summed E-state index contributed by atoms with van der Waals surface area (Å²) in [6, 6.07) is 6.19. The lowest BCUT2D eigenvalue weighted by molar-refractivity contribution is 0.405. The smallest absolute Gasteiger partial charge is 0.124 e. The number of hydrogen-bond acceptors (Lipinski definition) is 4. The number of ether oxygens (including phenoxy) is 1. The Balaban J connectivity index is 2.16. The Bertz CT molecular complexity index is 766. The molecule has 0 aliphatic heterocycles. The Morgan fingerprint density at radius 3 is 2.86 bits per heavy atom. The van der Waals surface area contributed by atoms with E-state index < -0.39 is 0 Å². The van der Waals surface area contributed by atoms with Crippen LogP contribution in [0, 0.1) is 6.92 Å². The minimum atomic E-state index is 0.00144. The molecule has 108 valence electrons. The molecule has 5 heteroatoms. The topological polar surface area (TPSA) is 51.5 Å². The summed E-state index contributed by atoms with van der Waals surface area (Å²) >= 11 is 0. The summed E-state index contributed by atoms with van der Waals surface area (Å²) < 4.78 is 7.34. The van der Waals surface area contributed by atoms with E-state index >= 15 is 0 Å². The second-order valence-corrected chi connectivity index (χ2v) is 4.97. The monoisotopic (exact) mass is 282 g/mol. The van der Waals surface area contributed by atoms with Gasteiger partial charge < -0.3 is 10.1 Å². The molecule has 2 heterocycles. The van der Waals surface area contributed by atoms with Crippen molar-refractivity contribution in [3.63, 3.8) is 0 Å². The van der Waals surface area contributed by atoms with Crippen LogP contribution < -0.4 is 10.1 Å². The summed E-state index contributed by atoms with van der Waals surface area (Å²) in [6.07, 6.45) is 7.28. The number of nitrogens with one attached hydrogen (secondary N) is 1. The number of methoxy groups -OCH3 is 1. The van der Waals surface area contributed by atoms with Crippen LogP contribution >= 0.6 is 0 Å². The zero-order valence-corrected chi connectivity index (χ0v) is 12.4. The molecule has 0 saturated carbocycles. The Labute approximate surface area is 123 Å². The molecular formula is C16H18N4O. The normalized spacial score (nSPS) is 12.5. The van der Waals surface area contributed by atoms with Gasteiger partial charge in [0.15, 0.2) is 0 Å². The quantitative estimate of drug-likeness (QED) is 0.798. The van der Waals surface area contributed by atoms with Gasteiger partial charge in [-0.15, -0.1) is 0 Å². The zero-order chi connectivity index (χ0) is 14.8. The number of aryl methyl sites for hydroxylation is 1. The first-order valence-electron chi connectivity index (χ1n) is 6.83. The van der Waals surface area contributed by atoms with Gasteiger partial charge in [-0.25, -0.2) is 4.52 Å². The van der Waals surface area contributed by atoms with Crippen molar-refractivity contribution in [2.24, 2.45) is 0 Å². The standard InChI is InChI=1S/C16H18N4O/c1-11-4-5-15(21-3)12(8-11)16(17-2)13-9-19-20-7-6-18-10-14(13)20/h4-10,16-17H,1-3H3. The summed E-state index contributed by atoms with van der Waals surface area (Å²) in [5.41, 5.74) is 4.36. The Morgan fingerprint density at radius 1 is 1.24 bits per heavy atom. The van der Waals surface area contributed by atoms with Gasteiger partial charge in [0.2, 0.25) is 0 Å². The van der Waals surface area contributed by atoms with E-state index in [0.29, 0.717) is 0 Å². The van der Waals surface area contributed by atoms with Crippen LogP contribution in [0.15, 0.2) is 43.0 Å². The summed E-state index contributed by atoms with van der Waals surface area (Å²) in [6.45, 7) is 2.08. The minimum Gasteiger partial charge on any atom is -0.496 e. The lowest BCUT2D eigenvalue weighted by Crippen LogP contribution is -2.18. The molecule has 3 aromatic rings. The number of hydrogen-bond donors (Lipinski definition) is 1. The zero-order valence-electron chi connectivity index (χ0n) is 12.4. The molecule has 3 rings (SSSR count). The van der Waals surface area contributed by atoms with E-state index in [1.54, 1.807) is 13.3 Å². The van der Waals surface area contributed by atoms with Crippen molar-refractivity contribution in [3.05, 3.63) is 59.7 Å². The van der Waals surface area contributed by atoms with Crippen LogP contribution in [0.3, 0.4) is 0 Å². The first kappa shape index (κ1) is 13.6. The van der Waals surface area contributed by atoms with Gasteiger partial charge in [0.1, 0.15) is 5.75 Å². The second-order valence-electron chi connectivity index (χ2n) is 4.97. The SMILES string of the molecule is CNC(c1cc(C)ccc1OC)c1cnn2ccncc12. The summed E-state index contributed by atoms with van der Waals surface area (Å²) in [7, 11) is 3.63. The third kappa shape index (κ3) is 2.36. The van der Waals surface area contributed by atoms with Crippen molar-refractivity contribution < 1.29 is 4.74 Å². The highest BCUT2D eigenvalue weighted by Crippen LogP contribution is 2.32. The molecular weight excluding hydrogens is 264 g/mol. The largest absolute Gasteiger partial charge is 0.496 e. The van der Waals surface area contributed by atoms with Crippen molar-refractivity contribution in [3.8, 4) is 5.75 Å². The van der Waals surface area contributed by atoms with E-state index in [0.717, 1.165) is 22.4 Å². The highest BCUT2D eigenvalue weighted by molar-refractivity contribution is 5.57. The maximum absolute atomic E-state index is 5.51. The molecule has 21 heavy (non-hydrogen) atoms. The molecule has 0 bridgehead atoms. The number of benzene rings is 1. The van der Waals surface area contributed by atoms with Gasteiger partial charge in [0.05, 0.1) is 31.1 Å². The van der Waals surface area contributed by atoms with Crippen LogP contribution in [0.1, 0.15) is 22.7 Å². The number of fused-ring (bicyclic) bond motifs is 1. The molecule has 0 spiro atoms. The predicted molar refractivity (Wildman–Crippen MR) is 81.6 cm³/mol. The van der Waals surface area contributed by atoms with Crippen LogP contribution in [-0.2, 0) is 0 Å². The highest BCUT2D eigenvalue weighted by atomic mass is 16.5. The van der Waals surface area contributed by atoms with E-state index in [4.69, 9.17) is 4.74 Å². The summed E-state index contributed by atoms with van der Waals surface area (Å²) in [5, 5.41) is 7.74. The molecule has 1 aromatic carbocycles. The summed E-state index contributed by atoms with van der Waals surface area (Å²) in [5.74, 6) is 0.864. The molecule has 1 N–H and O–H groups in total. The Kier molecular flexibility index (Phi) is 3.58. The summed E-state index contributed by atoms with van der Waals surface area (Å²) in [4.78, 5) is 4.20. The molecule has 0 aliphatic rings. The fourth-order valence-electron chi connectivity index (χ4n) is 2.63. The molecule has 0 fully saturated rings. The Hall–Kier alpha value is -2.40. The fourth-order valence-corrected chi connectivity index (χ4v) is 2.63. The molecule has 0 saturated heterocycles. The third-order valence-electron chi connectivity index (χ3n) is 3.65. The van der Waals surface area contributed by atoms with Gasteiger partial charge >= 0.3 is 0 Å². The second kappa shape index (κ2) is 5.54. The van der Waals surface area contributed by atoms with E-state index in [9.17, 15) is 0 Å². The van der Waals surface area contributed by atoms with Crippen LogP contribution in [0.4, 0.5) is 0 Å². The lowest BCUT2D eigenvalue weighted by Gasteiger charge is -2.19. The molecule has 0 radical (unpaired) electrons. The average molecular weight is 282 g/mol. The minimum absolute atomic E-state index is 0.00144. The van der Waals surface area contributed by atoms with E-state index in [-0.39, 0.29) is 6.04 Å². The van der Waals surface area contributed by atoms with Gasteiger partial charge in [-0.05, 0) is 20.0 Å². The van der Waals surface area contributed by atoms with E-state index in [1.165, 1.54) is 5.56 Å². The van der Waals surface area contributed by atoms with Gasteiger partial charge in [-0.2, -0.15) is 5.10 Å². The number of aromatic nitrogens is 3. The van der Waals surface area contributed by atoms with Gasteiger partial charge in [-0.3, -0.25) is 4.98 Å². The van der Waals surface area contributed by atoms with E-state index in [2.05, 4.69) is 28.4 Å². The third-order valence-corrected chi connectivity index (χ3v) is 3.65. The lowest BCUT2D eigenvalue weighted by atomic mass is 9.97. The molecule has 1 unspecified atom stereocenters. The van der Waals surface area contributed by atoms with Crippen molar-refractivity contribution in [2.75, 3.05) is 14.2 Å². The van der Waals surface area contributed by atoms with Crippen LogP contribution in [0.25, 0.3) is 5.52 Å². The van der Waals surface area contributed by atoms with Crippen LogP contribution in [0.2, 0.25) is 0 Å². The maximum Gasteiger partial charge on any atom is 0.124 e. The highest BCUT2D eigenvalue weighted by Gasteiger charge is 2.20. The molecule has 1 atom stereocenters. The Morgan fingerprint density at radius 2 is 2.10 bits per heavy atom. The van der Waals surface area contributed by atoms with Crippen molar-refractivity contribution in [2.45, 2.75) is 13.0 Å². The first-order chi connectivity index (χ1) is 10.2. The first-order valence-corrected chi connectivity index (χ1v) is 6.83. The maximum atomic E-state index is 5.51. The van der Waals surface area contributed by atoms with Crippen molar-refractivity contribution >= 4 is 5.52 Å². The number of rotatable bonds is 4. The number of nitrogens with zero attached hydrogens (tertiary/aromatic N) is 3.